The number of piperidine rings is 1. The molecule has 0 spiro atoms. The first kappa shape index (κ1) is 17.6. The molecular weight excluding hydrogens is 316 g/mol. The third-order valence-electron chi connectivity index (χ3n) is 4.83. The molecule has 1 aromatic heterocycles. The van der Waals surface area contributed by atoms with Gasteiger partial charge in [0.2, 0.25) is 0 Å². The van der Waals surface area contributed by atoms with Gasteiger partial charge in [0.1, 0.15) is 0 Å². The van der Waals surface area contributed by atoms with Crippen molar-refractivity contribution >= 4 is 11.3 Å². The second kappa shape index (κ2) is 8.77. The SMILES string of the molecule is CC(Cc1ccsc1)NCc1ccccc1CN1CCC(O)CC1. The van der Waals surface area contributed by atoms with E-state index >= 15 is 0 Å². The fraction of sp³-hybridized carbons (Fsp3) is 0.500. The highest BCUT2D eigenvalue weighted by molar-refractivity contribution is 7.07. The van der Waals surface area contributed by atoms with Crippen molar-refractivity contribution in [3.8, 4) is 0 Å². The summed E-state index contributed by atoms with van der Waals surface area (Å²) < 4.78 is 0. The summed E-state index contributed by atoms with van der Waals surface area (Å²) in [6.07, 6.45) is 2.78. The van der Waals surface area contributed by atoms with Crippen molar-refractivity contribution < 1.29 is 5.11 Å². The van der Waals surface area contributed by atoms with Crippen LogP contribution in [0.5, 0.6) is 0 Å². The van der Waals surface area contributed by atoms with Gasteiger partial charge in [-0.3, -0.25) is 4.90 Å². The summed E-state index contributed by atoms with van der Waals surface area (Å²) in [7, 11) is 0. The van der Waals surface area contributed by atoms with Crippen molar-refractivity contribution in [3.05, 3.63) is 57.8 Å². The largest absolute Gasteiger partial charge is 0.393 e. The molecule has 0 bridgehead atoms. The lowest BCUT2D eigenvalue weighted by Gasteiger charge is -2.30. The Kier molecular flexibility index (Phi) is 6.44. The quantitative estimate of drug-likeness (QED) is 0.808. The van der Waals surface area contributed by atoms with E-state index in [0.29, 0.717) is 6.04 Å². The predicted molar refractivity (Wildman–Crippen MR) is 101 cm³/mol. The molecule has 1 atom stereocenters. The van der Waals surface area contributed by atoms with Gasteiger partial charge in [0.15, 0.2) is 0 Å². The Labute approximate surface area is 149 Å². The number of nitrogens with zero attached hydrogens (tertiary/aromatic N) is 1. The Balaban J connectivity index is 1.53. The van der Waals surface area contributed by atoms with Crippen molar-refractivity contribution in [3.63, 3.8) is 0 Å². The number of benzene rings is 1. The molecule has 1 aliphatic heterocycles. The minimum absolute atomic E-state index is 0.101. The highest BCUT2D eigenvalue weighted by atomic mass is 32.1. The molecule has 24 heavy (non-hydrogen) atoms. The number of likely N-dealkylation sites (tertiary alicyclic amines) is 1. The molecule has 0 radical (unpaired) electrons. The molecule has 4 heteroatoms. The molecule has 2 aromatic rings. The molecule has 2 heterocycles. The smallest absolute Gasteiger partial charge is 0.0564 e. The summed E-state index contributed by atoms with van der Waals surface area (Å²) in [6.45, 7) is 6.16. The number of nitrogens with one attached hydrogen (secondary N) is 1. The molecule has 1 unspecified atom stereocenters. The third kappa shape index (κ3) is 5.15. The first-order valence-electron chi connectivity index (χ1n) is 8.92. The van der Waals surface area contributed by atoms with Crippen LogP contribution in [0.25, 0.3) is 0 Å². The molecule has 1 aromatic carbocycles. The van der Waals surface area contributed by atoms with E-state index in [4.69, 9.17) is 0 Å². The van der Waals surface area contributed by atoms with Crippen LogP contribution >= 0.6 is 11.3 Å². The van der Waals surface area contributed by atoms with Crippen molar-refractivity contribution in [2.24, 2.45) is 0 Å². The van der Waals surface area contributed by atoms with Crippen molar-refractivity contribution in [1.29, 1.82) is 0 Å². The predicted octanol–water partition coefficient (Wildman–Crippen LogP) is 3.43. The normalized spacial score (nSPS) is 17.9. The maximum atomic E-state index is 9.66. The fourth-order valence-electron chi connectivity index (χ4n) is 3.32. The van der Waals surface area contributed by atoms with Gasteiger partial charge in [-0.2, -0.15) is 11.3 Å². The maximum absolute atomic E-state index is 9.66. The average Bonchev–Trinajstić information content (AvgIpc) is 3.09. The van der Waals surface area contributed by atoms with Gasteiger partial charge in [-0.15, -0.1) is 0 Å². The Morgan fingerprint density at radius 1 is 1.21 bits per heavy atom. The number of rotatable bonds is 7. The van der Waals surface area contributed by atoms with Gasteiger partial charge in [-0.05, 0) is 59.7 Å². The molecule has 130 valence electrons. The zero-order chi connectivity index (χ0) is 16.8. The summed E-state index contributed by atoms with van der Waals surface area (Å²) in [4.78, 5) is 2.46. The van der Waals surface area contributed by atoms with Crippen LogP contribution in [0.1, 0.15) is 36.5 Å². The molecule has 0 amide bonds. The second-order valence-electron chi connectivity index (χ2n) is 6.89. The van der Waals surface area contributed by atoms with Crippen LogP contribution in [0.15, 0.2) is 41.1 Å². The number of hydrogen-bond donors (Lipinski definition) is 2. The number of aliphatic hydroxyl groups is 1. The number of thiophene rings is 1. The zero-order valence-corrected chi connectivity index (χ0v) is 15.3. The van der Waals surface area contributed by atoms with Crippen LogP contribution in [0.3, 0.4) is 0 Å². The molecule has 0 aliphatic carbocycles. The van der Waals surface area contributed by atoms with E-state index < -0.39 is 0 Å². The molecule has 0 saturated carbocycles. The minimum Gasteiger partial charge on any atom is -0.393 e. The van der Waals surface area contributed by atoms with E-state index in [1.165, 1.54) is 16.7 Å². The zero-order valence-electron chi connectivity index (χ0n) is 14.4. The second-order valence-corrected chi connectivity index (χ2v) is 7.67. The summed E-state index contributed by atoms with van der Waals surface area (Å²) >= 11 is 1.77. The fourth-order valence-corrected chi connectivity index (χ4v) is 4.00. The molecule has 1 saturated heterocycles. The van der Waals surface area contributed by atoms with Crippen molar-refractivity contribution in [1.82, 2.24) is 10.2 Å². The van der Waals surface area contributed by atoms with Gasteiger partial charge in [0.05, 0.1) is 6.10 Å². The summed E-state index contributed by atoms with van der Waals surface area (Å²) in [5.41, 5.74) is 4.21. The Hall–Kier alpha value is -1.20. The van der Waals surface area contributed by atoms with Gasteiger partial charge < -0.3 is 10.4 Å². The van der Waals surface area contributed by atoms with Gasteiger partial charge in [0.25, 0.3) is 0 Å². The molecule has 3 rings (SSSR count). The van der Waals surface area contributed by atoms with Crippen LogP contribution in [-0.4, -0.2) is 35.2 Å². The van der Waals surface area contributed by atoms with Gasteiger partial charge in [-0.25, -0.2) is 0 Å². The third-order valence-corrected chi connectivity index (χ3v) is 5.56. The summed E-state index contributed by atoms with van der Waals surface area (Å²) in [5.74, 6) is 0. The average molecular weight is 345 g/mol. The molecule has 2 N–H and O–H groups in total. The van der Waals surface area contributed by atoms with E-state index in [9.17, 15) is 5.11 Å². The van der Waals surface area contributed by atoms with E-state index in [2.05, 4.69) is 58.2 Å². The highest BCUT2D eigenvalue weighted by Crippen LogP contribution is 2.17. The lowest BCUT2D eigenvalue weighted by Crippen LogP contribution is -2.35. The summed E-state index contributed by atoms with van der Waals surface area (Å²) in [6, 6.07) is 11.4. The summed E-state index contributed by atoms with van der Waals surface area (Å²) in [5, 5.41) is 17.7. The lowest BCUT2D eigenvalue weighted by atomic mass is 10.0. The number of hydrogen-bond acceptors (Lipinski definition) is 4. The van der Waals surface area contributed by atoms with E-state index in [1.54, 1.807) is 11.3 Å². The molecule has 1 fully saturated rings. The van der Waals surface area contributed by atoms with Gasteiger partial charge in [-0.1, -0.05) is 24.3 Å². The standard InChI is InChI=1S/C20H28N2OS/c1-16(12-17-8-11-24-15-17)21-13-18-4-2-3-5-19(18)14-22-9-6-20(23)7-10-22/h2-5,8,11,15-16,20-21,23H,6-7,9-10,12-14H2,1H3. The topological polar surface area (TPSA) is 35.5 Å². The monoisotopic (exact) mass is 344 g/mol. The Morgan fingerprint density at radius 2 is 1.96 bits per heavy atom. The molecule has 1 aliphatic rings. The van der Waals surface area contributed by atoms with Gasteiger partial charge >= 0.3 is 0 Å². The van der Waals surface area contributed by atoms with Gasteiger partial charge in [0, 0.05) is 32.2 Å². The first-order valence-corrected chi connectivity index (χ1v) is 9.86. The Bertz CT molecular complexity index is 606. The van der Waals surface area contributed by atoms with E-state index in [0.717, 1.165) is 45.4 Å². The Morgan fingerprint density at radius 3 is 2.67 bits per heavy atom. The van der Waals surface area contributed by atoms with Crippen LogP contribution in [0.4, 0.5) is 0 Å². The highest BCUT2D eigenvalue weighted by Gasteiger charge is 2.17. The molecular formula is C20H28N2OS. The van der Waals surface area contributed by atoms with Crippen LogP contribution < -0.4 is 5.32 Å². The van der Waals surface area contributed by atoms with Crippen LogP contribution in [0, 0.1) is 0 Å². The van der Waals surface area contributed by atoms with E-state index in [1.807, 2.05) is 0 Å². The van der Waals surface area contributed by atoms with Crippen LogP contribution in [0.2, 0.25) is 0 Å². The maximum Gasteiger partial charge on any atom is 0.0564 e. The minimum atomic E-state index is -0.101. The van der Waals surface area contributed by atoms with Crippen molar-refractivity contribution in [2.45, 2.75) is 51.4 Å². The van der Waals surface area contributed by atoms with E-state index in [-0.39, 0.29) is 6.10 Å². The van der Waals surface area contributed by atoms with Crippen LogP contribution in [-0.2, 0) is 19.5 Å². The van der Waals surface area contributed by atoms with Crippen molar-refractivity contribution in [2.75, 3.05) is 13.1 Å². The number of aliphatic hydroxyl groups excluding tert-OH is 1. The first-order chi connectivity index (χ1) is 11.7. The lowest BCUT2D eigenvalue weighted by molar-refractivity contribution is 0.0791. The molecule has 3 nitrogen and oxygen atoms in total.